The maximum absolute atomic E-state index is 12.5. The van der Waals surface area contributed by atoms with Crippen molar-refractivity contribution in [3.05, 3.63) is 30.3 Å². The van der Waals surface area contributed by atoms with Crippen LogP contribution in [0.2, 0.25) is 0 Å². The van der Waals surface area contributed by atoms with Crippen molar-refractivity contribution >= 4 is 15.9 Å². The second-order valence-electron chi connectivity index (χ2n) is 3.75. The second kappa shape index (κ2) is 5.25. The van der Waals surface area contributed by atoms with E-state index < -0.39 is 21.2 Å². The quantitative estimate of drug-likeness (QED) is 0.645. The Morgan fingerprint density at radius 3 is 2.44 bits per heavy atom. The zero-order valence-corrected chi connectivity index (χ0v) is 10.7. The van der Waals surface area contributed by atoms with Gasteiger partial charge in [0.25, 0.3) is 0 Å². The van der Waals surface area contributed by atoms with Gasteiger partial charge in [0.15, 0.2) is 0 Å². The summed E-state index contributed by atoms with van der Waals surface area (Å²) in [6.45, 7) is 3.72. The topological polar surface area (TPSA) is 43.4 Å². The molecule has 1 rings (SSSR count). The number of esters is 1. The van der Waals surface area contributed by atoms with Gasteiger partial charge in [-0.05, 0) is 32.2 Å². The van der Waals surface area contributed by atoms with Crippen LogP contribution < -0.4 is 0 Å². The van der Waals surface area contributed by atoms with Crippen molar-refractivity contribution in [3.8, 4) is 0 Å². The van der Waals surface area contributed by atoms with Crippen LogP contribution in [0, 0.1) is 0 Å². The molecule has 1 atom stereocenters. The molecule has 3 nitrogen and oxygen atoms in total. The Kier molecular flexibility index (Phi) is 4.24. The van der Waals surface area contributed by atoms with Crippen LogP contribution in [-0.4, -0.2) is 28.3 Å². The van der Waals surface area contributed by atoms with Crippen molar-refractivity contribution < 1.29 is 13.7 Å². The molecule has 0 aromatic heterocycles. The molecule has 0 heterocycles. The van der Waals surface area contributed by atoms with Crippen molar-refractivity contribution in [2.75, 3.05) is 12.9 Å². The first-order valence-corrected chi connectivity index (χ1v) is 7.52. The van der Waals surface area contributed by atoms with E-state index in [0.717, 1.165) is 4.90 Å². The molecule has 1 unspecified atom stereocenters. The summed E-state index contributed by atoms with van der Waals surface area (Å²) in [7, 11) is -2.70. The molecule has 0 aliphatic carbocycles. The van der Waals surface area contributed by atoms with Gasteiger partial charge in [-0.3, -0.25) is 9.00 Å². The van der Waals surface area contributed by atoms with Crippen LogP contribution in [0.15, 0.2) is 35.2 Å². The molecule has 1 aromatic rings. The SMILES string of the molecule is CCOC(=O)C(C)[SH](C)(=O)c1ccccc1. The minimum Gasteiger partial charge on any atom is -0.465 e. The van der Waals surface area contributed by atoms with Gasteiger partial charge in [0.2, 0.25) is 0 Å². The van der Waals surface area contributed by atoms with Crippen LogP contribution in [0.4, 0.5) is 0 Å². The van der Waals surface area contributed by atoms with Crippen LogP contribution in [0.3, 0.4) is 0 Å². The molecule has 0 amide bonds. The molecule has 1 aromatic carbocycles. The summed E-state index contributed by atoms with van der Waals surface area (Å²) < 4.78 is 17.4. The van der Waals surface area contributed by atoms with Gasteiger partial charge in [-0.1, -0.05) is 28.1 Å². The van der Waals surface area contributed by atoms with E-state index >= 15 is 0 Å². The number of benzene rings is 1. The van der Waals surface area contributed by atoms with E-state index in [1.54, 1.807) is 32.2 Å². The monoisotopic (exact) mass is 242 g/mol. The van der Waals surface area contributed by atoms with E-state index in [2.05, 4.69) is 0 Å². The molecule has 90 valence electrons. The summed E-state index contributed by atoms with van der Waals surface area (Å²) in [6, 6.07) is 9.08. The highest BCUT2D eigenvalue weighted by Gasteiger charge is 2.27. The fraction of sp³-hybridized carbons (Fsp3) is 0.417. The van der Waals surface area contributed by atoms with Crippen molar-refractivity contribution in [2.24, 2.45) is 0 Å². The predicted molar refractivity (Wildman–Crippen MR) is 66.3 cm³/mol. The lowest BCUT2D eigenvalue weighted by Crippen LogP contribution is -2.33. The number of thiol groups is 1. The van der Waals surface area contributed by atoms with E-state index in [9.17, 15) is 9.00 Å². The van der Waals surface area contributed by atoms with E-state index in [-0.39, 0.29) is 0 Å². The lowest BCUT2D eigenvalue weighted by Gasteiger charge is -2.24. The molecule has 0 N–H and O–H groups in total. The van der Waals surface area contributed by atoms with Crippen molar-refractivity contribution in [3.63, 3.8) is 0 Å². The van der Waals surface area contributed by atoms with Crippen molar-refractivity contribution in [1.82, 2.24) is 0 Å². The third-order valence-corrected chi connectivity index (χ3v) is 5.65. The van der Waals surface area contributed by atoms with Crippen LogP contribution in [-0.2, 0) is 19.5 Å². The first-order valence-electron chi connectivity index (χ1n) is 5.29. The smallest absolute Gasteiger partial charge is 0.319 e. The molecule has 0 aliphatic rings. The second-order valence-corrected chi connectivity index (χ2v) is 7.03. The van der Waals surface area contributed by atoms with E-state index in [0.29, 0.717) is 6.61 Å². The highest BCUT2D eigenvalue weighted by atomic mass is 32.2. The van der Waals surface area contributed by atoms with Crippen molar-refractivity contribution in [1.29, 1.82) is 0 Å². The van der Waals surface area contributed by atoms with Gasteiger partial charge in [0, 0.05) is 4.90 Å². The molecule has 0 saturated heterocycles. The Balaban J connectivity index is 2.94. The maximum Gasteiger partial charge on any atom is 0.319 e. The highest BCUT2D eigenvalue weighted by Crippen LogP contribution is 2.22. The van der Waals surface area contributed by atoms with Gasteiger partial charge in [-0.25, -0.2) is 0 Å². The van der Waals surface area contributed by atoms with Crippen LogP contribution in [0.25, 0.3) is 0 Å². The molecule has 0 saturated carbocycles. The highest BCUT2D eigenvalue weighted by molar-refractivity contribution is 8.03. The zero-order valence-electron chi connectivity index (χ0n) is 9.84. The minimum absolute atomic E-state index is 0.317. The molecule has 16 heavy (non-hydrogen) atoms. The predicted octanol–water partition coefficient (Wildman–Crippen LogP) is 1.64. The van der Waals surface area contributed by atoms with Gasteiger partial charge in [-0.2, -0.15) is 0 Å². The molecule has 0 aliphatic heterocycles. The van der Waals surface area contributed by atoms with E-state index in [4.69, 9.17) is 4.74 Å². The molecule has 0 radical (unpaired) electrons. The van der Waals surface area contributed by atoms with Gasteiger partial charge in [0.1, 0.15) is 5.25 Å². The normalized spacial score (nSPS) is 14.2. The molecule has 0 bridgehead atoms. The first-order chi connectivity index (χ1) is 7.50. The lowest BCUT2D eigenvalue weighted by atomic mass is 10.4. The van der Waals surface area contributed by atoms with E-state index in [1.807, 2.05) is 18.2 Å². The third kappa shape index (κ3) is 2.70. The van der Waals surface area contributed by atoms with Crippen LogP contribution >= 0.6 is 0 Å². The van der Waals surface area contributed by atoms with Gasteiger partial charge >= 0.3 is 5.97 Å². The lowest BCUT2D eigenvalue weighted by molar-refractivity contribution is -0.142. The Bertz CT molecular complexity index is 400. The number of hydrogen-bond acceptors (Lipinski definition) is 3. The Labute approximate surface area is 97.2 Å². The van der Waals surface area contributed by atoms with Crippen LogP contribution in [0.1, 0.15) is 13.8 Å². The number of carbonyl (C=O) groups excluding carboxylic acids is 1. The Morgan fingerprint density at radius 2 is 1.94 bits per heavy atom. The third-order valence-electron chi connectivity index (χ3n) is 2.64. The summed E-state index contributed by atoms with van der Waals surface area (Å²) in [5.74, 6) is -0.391. The van der Waals surface area contributed by atoms with Gasteiger partial charge < -0.3 is 4.74 Å². The Hall–Kier alpha value is -1.16. The van der Waals surface area contributed by atoms with Crippen LogP contribution in [0.5, 0.6) is 0 Å². The average molecular weight is 242 g/mol. The fourth-order valence-electron chi connectivity index (χ4n) is 1.41. The first kappa shape index (κ1) is 12.9. The molecular formula is C12H18O3S. The summed E-state index contributed by atoms with van der Waals surface area (Å²) in [5, 5.41) is -0.588. The number of rotatable bonds is 4. The Morgan fingerprint density at radius 1 is 1.38 bits per heavy atom. The van der Waals surface area contributed by atoms with Gasteiger partial charge in [0.05, 0.1) is 6.61 Å². The standard InChI is InChI=1S/C12H18O3S/c1-4-15-12(13)10(2)16(3,14)11-8-6-5-7-9-11/h5-10,16H,4H2,1-3H3. The largest absolute Gasteiger partial charge is 0.465 e. The summed E-state index contributed by atoms with van der Waals surface area (Å²) in [6.07, 6.45) is 1.63. The van der Waals surface area contributed by atoms with E-state index in [1.165, 1.54) is 0 Å². The molecule has 0 fully saturated rings. The fourth-order valence-corrected chi connectivity index (χ4v) is 3.10. The average Bonchev–Trinajstić information content (AvgIpc) is 2.29. The van der Waals surface area contributed by atoms with Gasteiger partial charge in [-0.15, -0.1) is 0 Å². The number of carbonyl (C=O) groups is 1. The molecule has 0 spiro atoms. The minimum atomic E-state index is -2.70. The summed E-state index contributed by atoms with van der Waals surface area (Å²) >= 11 is 0. The molecule has 4 heteroatoms. The number of hydrogen-bond donors (Lipinski definition) is 1. The molecular weight excluding hydrogens is 224 g/mol. The maximum atomic E-state index is 12.5. The number of ether oxygens (including phenoxy) is 1. The summed E-state index contributed by atoms with van der Waals surface area (Å²) in [5.41, 5.74) is 0. The summed E-state index contributed by atoms with van der Waals surface area (Å²) in [4.78, 5) is 12.3. The zero-order chi connectivity index (χ0) is 12.2. The van der Waals surface area contributed by atoms with Crippen molar-refractivity contribution in [2.45, 2.75) is 24.0 Å².